The van der Waals surface area contributed by atoms with E-state index in [1.165, 1.54) is 0 Å². The van der Waals surface area contributed by atoms with E-state index in [0.717, 1.165) is 13.1 Å². The predicted molar refractivity (Wildman–Crippen MR) is 57.3 cm³/mol. The largest absolute Gasteiger partial charge is 0.331 e. The number of nitrogens with zero attached hydrogens (tertiary/aromatic N) is 3. The molecule has 1 saturated heterocycles. The van der Waals surface area contributed by atoms with Crippen molar-refractivity contribution in [2.45, 2.75) is 13.0 Å². The third kappa shape index (κ3) is 2.18. The standard InChI is InChI=1S/C10H21N3O/c1-8-6-13(10(14)12(4)5)7-9(8)11(2)3/h8-9H,6-7H2,1-5H3. The maximum Gasteiger partial charge on any atom is 0.319 e. The molecule has 0 bridgehead atoms. The van der Waals surface area contributed by atoms with Gasteiger partial charge in [0.2, 0.25) is 0 Å². The van der Waals surface area contributed by atoms with Gasteiger partial charge in [0.25, 0.3) is 0 Å². The zero-order chi connectivity index (χ0) is 10.9. The van der Waals surface area contributed by atoms with Crippen LogP contribution in [0.5, 0.6) is 0 Å². The molecule has 0 N–H and O–H groups in total. The molecule has 82 valence electrons. The Balaban J connectivity index is 2.59. The molecule has 1 fully saturated rings. The van der Waals surface area contributed by atoms with Crippen LogP contribution in [0.4, 0.5) is 4.79 Å². The zero-order valence-electron chi connectivity index (χ0n) is 9.82. The van der Waals surface area contributed by atoms with Crippen molar-refractivity contribution in [3.63, 3.8) is 0 Å². The normalized spacial score (nSPS) is 27.1. The summed E-state index contributed by atoms with van der Waals surface area (Å²) in [5.41, 5.74) is 0. The van der Waals surface area contributed by atoms with E-state index in [1.807, 2.05) is 4.90 Å². The number of carbonyl (C=O) groups is 1. The SMILES string of the molecule is CC1CN(C(=O)N(C)C)CC1N(C)C. The Morgan fingerprint density at radius 1 is 1.21 bits per heavy atom. The van der Waals surface area contributed by atoms with E-state index in [0.29, 0.717) is 12.0 Å². The highest BCUT2D eigenvalue weighted by atomic mass is 16.2. The highest BCUT2D eigenvalue weighted by Crippen LogP contribution is 2.20. The molecular weight excluding hydrogens is 178 g/mol. The summed E-state index contributed by atoms with van der Waals surface area (Å²) in [6.07, 6.45) is 0. The van der Waals surface area contributed by atoms with Crippen molar-refractivity contribution in [1.29, 1.82) is 0 Å². The first-order chi connectivity index (χ1) is 6.43. The molecule has 0 aromatic heterocycles. The summed E-state index contributed by atoms with van der Waals surface area (Å²) in [4.78, 5) is 17.5. The average Bonchev–Trinajstić information content (AvgIpc) is 2.45. The molecule has 2 atom stereocenters. The molecule has 4 nitrogen and oxygen atoms in total. The fourth-order valence-corrected chi connectivity index (χ4v) is 2.06. The molecule has 4 heteroatoms. The summed E-state index contributed by atoms with van der Waals surface area (Å²) in [7, 11) is 7.75. The molecule has 1 heterocycles. The van der Waals surface area contributed by atoms with Crippen LogP contribution >= 0.6 is 0 Å². The Kier molecular flexibility index (Phi) is 3.37. The summed E-state index contributed by atoms with van der Waals surface area (Å²) >= 11 is 0. The molecule has 0 spiro atoms. The van der Waals surface area contributed by atoms with E-state index in [-0.39, 0.29) is 6.03 Å². The number of hydrogen-bond acceptors (Lipinski definition) is 2. The zero-order valence-corrected chi connectivity index (χ0v) is 9.82. The third-order valence-corrected chi connectivity index (χ3v) is 2.89. The molecule has 0 saturated carbocycles. The van der Waals surface area contributed by atoms with Crippen molar-refractivity contribution in [2.75, 3.05) is 41.3 Å². The first-order valence-corrected chi connectivity index (χ1v) is 5.06. The summed E-state index contributed by atoms with van der Waals surface area (Å²) in [6, 6.07) is 0.625. The summed E-state index contributed by atoms with van der Waals surface area (Å²) < 4.78 is 0. The Hall–Kier alpha value is -0.770. The second kappa shape index (κ2) is 4.17. The molecule has 2 unspecified atom stereocenters. The minimum absolute atomic E-state index is 0.126. The number of urea groups is 1. The number of hydrogen-bond donors (Lipinski definition) is 0. The van der Waals surface area contributed by atoms with Gasteiger partial charge in [-0.05, 0) is 20.0 Å². The van der Waals surface area contributed by atoms with Gasteiger partial charge in [-0.1, -0.05) is 6.92 Å². The van der Waals surface area contributed by atoms with Crippen molar-refractivity contribution >= 4 is 6.03 Å². The Morgan fingerprint density at radius 2 is 1.79 bits per heavy atom. The van der Waals surface area contributed by atoms with Gasteiger partial charge in [0.1, 0.15) is 0 Å². The minimum Gasteiger partial charge on any atom is -0.331 e. The van der Waals surface area contributed by atoms with Crippen LogP contribution in [0.1, 0.15) is 6.92 Å². The van der Waals surface area contributed by atoms with Gasteiger partial charge in [-0.25, -0.2) is 4.79 Å². The molecule has 1 rings (SSSR count). The van der Waals surface area contributed by atoms with Crippen molar-refractivity contribution in [2.24, 2.45) is 5.92 Å². The monoisotopic (exact) mass is 199 g/mol. The highest BCUT2D eigenvalue weighted by Gasteiger charge is 2.33. The van der Waals surface area contributed by atoms with E-state index in [2.05, 4.69) is 25.9 Å². The van der Waals surface area contributed by atoms with Crippen LogP contribution < -0.4 is 0 Å². The minimum atomic E-state index is 0.126. The number of likely N-dealkylation sites (tertiary alicyclic amines) is 1. The lowest BCUT2D eigenvalue weighted by atomic mass is 10.1. The topological polar surface area (TPSA) is 26.8 Å². The van der Waals surface area contributed by atoms with Crippen molar-refractivity contribution in [3.05, 3.63) is 0 Å². The fourth-order valence-electron chi connectivity index (χ4n) is 2.06. The Labute approximate surface area is 86.5 Å². The molecule has 1 aliphatic rings. The van der Waals surface area contributed by atoms with Gasteiger partial charge in [0.05, 0.1) is 0 Å². The first kappa shape index (κ1) is 11.3. The summed E-state index contributed by atoms with van der Waals surface area (Å²) in [5.74, 6) is 0.564. The predicted octanol–water partition coefficient (Wildman–Crippen LogP) is 0.550. The molecule has 0 aromatic carbocycles. The number of carbonyl (C=O) groups excluding carboxylic acids is 1. The molecule has 0 aromatic rings. The number of likely N-dealkylation sites (N-methyl/N-ethyl adjacent to an activating group) is 1. The molecular formula is C10H21N3O. The summed E-state index contributed by atoms with van der Waals surface area (Å²) in [5, 5.41) is 0. The first-order valence-electron chi connectivity index (χ1n) is 5.06. The van der Waals surface area contributed by atoms with E-state index in [9.17, 15) is 4.79 Å². The van der Waals surface area contributed by atoms with Gasteiger partial charge in [-0.2, -0.15) is 0 Å². The van der Waals surface area contributed by atoms with Gasteiger partial charge in [-0.15, -0.1) is 0 Å². The molecule has 2 amide bonds. The molecule has 1 aliphatic heterocycles. The lowest BCUT2D eigenvalue weighted by Gasteiger charge is -2.23. The van der Waals surface area contributed by atoms with Crippen molar-refractivity contribution in [1.82, 2.24) is 14.7 Å². The van der Waals surface area contributed by atoms with Crippen LogP contribution in [-0.2, 0) is 0 Å². The number of rotatable bonds is 1. The maximum atomic E-state index is 11.7. The Morgan fingerprint density at radius 3 is 2.14 bits per heavy atom. The van der Waals surface area contributed by atoms with Gasteiger partial charge in [0.15, 0.2) is 0 Å². The van der Waals surface area contributed by atoms with E-state index >= 15 is 0 Å². The maximum absolute atomic E-state index is 11.7. The van der Waals surface area contributed by atoms with Crippen LogP contribution in [0.25, 0.3) is 0 Å². The van der Waals surface area contributed by atoms with Crippen molar-refractivity contribution in [3.8, 4) is 0 Å². The lowest BCUT2D eigenvalue weighted by Crippen LogP contribution is -2.40. The smallest absolute Gasteiger partial charge is 0.319 e. The quantitative estimate of drug-likeness (QED) is 0.616. The number of amides is 2. The summed E-state index contributed by atoms with van der Waals surface area (Å²) in [6.45, 7) is 3.93. The second-order valence-corrected chi connectivity index (χ2v) is 4.59. The van der Waals surface area contributed by atoms with E-state index in [4.69, 9.17) is 0 Å². The second-order valence-electron chi connectivity index (χ2n) is 4.59. The van der Waals surface area contributed by atoms with E-state index in [1.54, 1.807) is 19.0 Å². The average molecular weight is 199 g/mol. The lowest BCUT2D eigenvalue weighted by molar-refractivity contribution is 0.177. The molecule has 0 radical (unpaired) electrons. The molecule has 0 aliphatic carbocycles. The van der Waals surface area contributed by atoms with Crippen LogP contribution in [0.3, 0.4) is 0 Å². The van der Waals surface area contributed by atoms with Crippen LogP contribution in [0.2, 0.25) is 0 Å². The van der Waals surface area contributed by atoms with Gasteiger partial charge < -0.3 is 14.7 Å². The Bertz CT molecular complexity index is 215. The van der Waals surface area contributed by atoms with Gasteiger partial charge >= 0.3 is 6.03 Å². The van der Waals surface area contributed by atoms with Crippen LogP contribution in [0.15, 0.2) is 0 Å². The van der Waals surface area contributed by atoms with Crippen LogP contribution in [0, 0.1) is 5.92 Å². The third-order valence-electron chi connectivity index (χ3n) is 2.89. The highest BCUT2D eigenvalue weighted by molar-refractivity contribution is 5.74. The van der Waals surface area contributed by atoms with Crippen molar-refractivity contribution < 1.29 is 4.79 Å². The van der Waals surface area contributed by atoms with Crippen LogP contribution in [-0.4, -0.2) is 68.1 Å². The van der Waals surface area contributed by atoms with Gasteiger partial charge in [-0.3, -0.25) is 0 Å². The van der Waals surface area contributed by atoms with E-state index < -0.39 is 0 Å². The van der Waals surface area contributed by atoms with Gasteiger partial charge in [0, 0.05) is 33.2 Å². The fraction of sp³-hybridized carbons (Fsp3) is 0.900. The molecule has 14 heavy (non-hydrogen) atoms.